The number of nitrogens with one attached hydrogen (secondary N) is 2. The molecule has 0 spiro atoms. The average molecular weight is 267 g/mol. The van der Waals surface area contributed by atoms with Crippen LogP contribution in [-0.2, 0) is 0 Å². The van der Waals surface area contributed by atoms with Gasteiger partial charge in [-0.15, -0.1) is 0 Å². The fourth-order valence-corrected chi connectivity index (χ4v) is 3.48. The van der Waals surface area contributed by atoms with Crippen molar-refractivity contribution in [1.82, 2.24) is 15.5 Å². The SMILES string of the molecule is CC(C)NCCC1CCN(CCNC2CCCC2)C1. The van der Waals surface area contributed by atoms with E-state index in [0.717, 1.165) is 12.0 Å². The highest BCUT2D eigenvalue weighted by atomic mass is 15.2. The summed E-state index contributed by atoms with van der Waals surface area (Å²) in [6.07, 6.45) is 8.44. The molecule has 1 unspecified atom stereocenters. The van der Waals surface area contributed by atoms with Crippen LogP contribution in [0.25, 0.3) is 0 Å². The molecule has 0 aromatic heterocycles. The van der Waals surface area contributed by atoms with Crippen molar-refractivity contribution >= 4 is 0 Å². The van der Waals surface area contributed by atoms with Gasteiger partial charge in [0.1, 0.15) is 0 Å². The van der Waals surface area contributed by atoms with Crippen molar-refractivity contribution in [3.63, 3.8) is 0 Å². The Bertz CT molecular complexity index is 236. The Labute approximate surface area is 119 Å². The summed E-state index contributed by atoms with van der Waals surface area (Å²) in [5.74, 6) is 0.928. The maximum atomic E-state index is 3.73. The van der Waals surface area contributed by atoms with Crippen LogP contribution in [0.2, 0.25) is 0 Å². The van der Waals surface area contributed by atoms with Crippen molar-refractivity contribution in [3.8, 4) is 0 Å². The van der Waals surface area contributed by atoms with E-state index in [4.69, 9.17) is 0 Å². The summed E-state index contributed by atoms with van der Waals surface area (Å²) >= 11 is 0. The van der Waals surface area contributed by atoms with Crippen LogP contribution in [0.5, 0.6) is 0 Å². The molecule has 112 valence electrons. The second-order valence-electron chi connectivity index (χ2n) is 6.79. The topological polar surface area (TPSA) is 27.3 Å². The van der Waals surface area contributed by atoms with Crippen molar-refractivity contribution < 1.29 is 0 Å². The zero-order chi connectivity index (χ0) is 13.5. The maximum absolute atomic E-state index is 3.73. The van der Waals surface area contributed by atoms with E-state index in [1.807, 2.05) is 0 Å². The van der Waals surface area contributed by atoms with E-state index < -0.39 is 0 Å². The van der Waals surface area contributed by atoms with Crippen LogP contribution in [0.15, 0.2) is 0 Å². The largest absolute Gasteiger partial charge is 0.315 e. The Morgan fingerprint density at radius 2 is 1.89 bits per heavy atom. The normalized spacial score (nSPS) is 25.7. The van der Waals surface area contributed by atoms with Crippen LogP contribution in [0.4, 0.5) is 0 Å². The Balaban J connectivity index is 1.49. The van der Waals surface area contributed by atoms with Gasteiger partial charge in [0, 0.05) is 31.7 Å². The van der Waals surface area contributed by atoms with Crippen LogP contribution in [0.3, 0.4) is 0 Å². The molecule has 3 nitrogen and oxygen atoms in total. The van der Waals surface area contributed by atoms with Crippen LogP contribution in [0, 0.1) is 5.92 Å². The first-order valence-electron chi connectivity index (χ1n) is 8.43. The molecule has 1 heterocycles. The average Bonchev–Trinajstić information content (AvgIpc) is 3.00. The number of hydrogen-bond acceptors (Lipinski definition) is 3. The molecule has 2 N–H and O–H groups in total. The molecule has 0 aromatic rings. The summed E-state index contributed by atoms with van der Waals surface area (Å²) in [5, 5.41) is 7.26. The lowest BCUT2D eigenvalue weighted by Gasteiger charge is -2.18. The van der Waals surface area contributed by atoms with E-state index in [2.05, 4.69) is 29.4 Å². The first kappa shape index (κ1) is 15.3. The third-order valence-electron chi connectivity index (χ3n) is 4.69. The number of nitrogens with zero attached hydrogens (tertiary/aromatic N) is 1. The standard InChI is InChI=1S/C16H33N3/c1-14(2)17-9-7-15-8-11-19(13-15)12-10-18-16-5-3-4-6-16/h14-18H,3-13H2,1-2H3. The Morgan fingerprint density at radius 1 is 1.11 bits per heavy atom. The Morgan fingerprint density at radius 3 is 2.63 bits per heavy atom. The summed E-state index contributed by atoms with van der Waals surface area (Å²) in [6, 6.07) is 1.46. The molecule has 0 amide bonds. The van der Waals surface area contributed by atoms with Gasteiger partial charge in [-0.05, 0) is 44.7 Å². The molecule has 2 aliphatic rings. The van der Waals surface area contributed by atoms with Gasteiger partial charge in [0.25, 0.3) is 0 Å². The molecule has 2 rings (SSSR count). The van der Waals surface area contributed by atoms with Crippen molar-refractivity contribution in [3.05, 3.63) is 0 Å². The van der Waals surface area contributed by atoms with Gasteiger partial charge >= 0.3 is 0 Å². The van der Waals surface area contributed by atoms with Gasteiger partial charge in [-0.25, -0.2) is 0 Å². The number of likely N-dealkylation sites (tertiary alicyclic amines) is 1. The molecule has 0 aromatic carbocycles. The number of hydrogen-bond donors (Lipinski definition) is 2. The predicted molar refractivity (Wildman–Crippen MR) is 82.6 cm³/mol. The highest BCUT2D eigenvalue weighted by Gasteiger charge is 2.22. The predicted octanol–water partition coefficient (Wildman–Crippen LogP) is 2.23. The third-order valence-corrected chi connectivity index (χ3v) is 4.69. The molecule has 1 saturated carbocycles. The van der Waals surface area contributed by atoms with Gasteiger partial charge in [-0.3, -0.25) is 0 Å². The number of rotatable bonds is 8. The third kappa shape index (κ3) is 5.80. The fourth-order valence-electron chi connectivity index (χ4n) is 3.48. The molecular weight excluding hydrogens is 234 g/mol. The second kappa shape index (κ2) is 8.23. The van der Waals surface area contributed by atoms with Gasteiger partial charge in [0.2, 0.25) is 0 Å². The highest BCUT2D eigenvalue weighted by molar-refractivity contribution is 4.78. The summed E-state index contributed by atoms with van der Waals surface area (Å²) in [7, 11) is 0. The van der Waals surface area contributed by atoms with Gasteiger partial charge in [0.15, 0.2) is 0 Å². The summed E-state index contributed by atoms with van der Waals surface area (Å²) < 4.78 is 0. The van der Waals surface area contributed by atoms with Crippen LogP contribution in [0.1, 0.15) is 52.4 Å². The lowest BCUT2D eigenvalue weighted by Crippen LogP contribution is -2.35. The van der Waals surface area contributed by atoms with Crippen LogP contribution >= 0.6 is 0 Å². The minimum Gasteiger partial charge on any atom is -0.315 e. The molecule has 1 aliphatic heterocycles. The minimum absolute atomic E-state index is 0.633. The van der Waals surface area contributed by atoms with E-state index in [9.17, 15) is 0 Å². The molecule has 1 aliphatic carbocycles. The summed E-state index contributed by atoms with van der Waals surface area (Å²) in [5.41, 5.74) is 0. The highest BCUT2D eigenvalue weighted by Crippen LogP contribution is 2.19. The zero-order valence-electron chi connectivity index (χ0n) is 13.0. The van der Waals surface area contributed by atoms with E-state index in [-0.39, 0.29) is 0 Å². The van der Waals surface area contributed by atoms with Gasteiger partial charge in [-0.1, -0.05) is 26.7 Å². The van der Waals surface area contributed by atoms with Crippen LogP contribution in [-0.4, -0.2) is 49.7 Å². The minimum atomic E-state index is 0.633. The van der Waals surface area contributed by atoms with Gasteiger partial charge in [-0.2, -0.15) is 0 Å². The smallest absolute Gasteiger partial charge is 0.0107 e. The molecule has 1 saturated heterocycles. The lowest BCUT2D eigenvalue weighted by molar-refractivity contribution is 0.310. The Kier molecular flexibility index (Phi) is 6.62. The van der Waals surface area contributed by atoms with Gasteiger partial charge in [0.05, 0.1) is 0 Å². The summed E-state index contributed by atoms with van der Waals surface area (Å²) in [6.45, 7) is 10.7. The van der Waals surface area contributed by atoms with Crippen molar-refractivity contribution in [2.24, 2.45) is 5.92 Å². The van der Waals surface area contributed by atoms with E-state index in [1.165, 1.54) is 71.2 Å². The Hall–Kier alpha value is -0.120. The van der Waals surface area contributed by atoms with Crippen molar-refractivity contribution in [2.45, 2.75) is 64.5 Å². The zero-order valence-corrected chi connectivity index (χ0v) is 13.0. The molecule has 19 heavy (non-hydrogen) atoms. The lowest BCUT2D eigenvalue weighted by atomic mass is 10.1. The van der Waals surface area contributed by atoms with Crippen molar-refractivity contribution in [2.75, 3.05) is 32.7 Å². The molecular formula is C16H33N3. The summed E-state index contributed by atoms with van der Waals surface area (Å²) in [4.78, 5) is 2.65. The quantitative estimate of drug-likeness (QED) is 0.706. The maximum Gasteiger partial charge on any atom is 0.0107 e. The molecule has 3 heteroatoms. The second-order valence-corrected chi connectivity index (χ2v) is 6.79. The van der Waals surface area contributed by atoms with E-state index in [0.29, 0.717) is 6.04 Å². The molecule has 0 radical (unpaired) electrons. The fraction of sp³-hybridized carbons (Fsp3) is 1.00. The first-order chi connectivity index (χ1) is 9.24. The molecule has 2 fully saturated rings. The van der Waals surface area contributed by atoms with Crippen LogP contribution < -0.4 is 10.6 Å². The monoisotopic (exact) mass is 267 g/mol. The van der Waals surface area contributed by atoms with E-state index >= 15 is 0 Å². The molecule has 1 atom stereocenters. The van der Waals surface area contributed by atoms with E-state index in [1.54, 1.807) is 0 Å². The van der Waals surface area contributed by atoms with Crippen molar-refractivity contribution in [1.29, 1.82) is 0 Å². The first-order valence-corrected chi connectivity index (χ1v) is 8.43. The molecule has 0 bridgehead atoms. The van der Waals surface area contributed by atoms with Gasteiger partial charge < -0.3 is 15.5 Å².